The van der Waals surface area contributed by atoms with Gasteiger partial charge in [0.1, 0.15) is 0 Å². The molecule has 1 saturated carbocycles. The van der Waals surface area contributed by atoms with Crippen LogP contribution in [0.4, 0.5) is 0 Å². The SMILES string of the molecule is CCCCCC(COC)(COC)CC1CC1. The Morgan fingerprint density at radius 3 is 2.12 bits per heavy atom. The van der Waals surface area contributed by atoms with Gasteiger partial charge in [0.15, 0.2) is 0 Å². The Kier molecular flexibility index (Phi) is 6.37. The van der Waals surface area contributed by atoms with E-state index in [4.69, 9.17) is 9.47 Å². The van der Waals surface area contributed by atoms with Gasteiger partial charge in [-0.25, -0.2) is 0 Å². The minimum atomic E-state index is 0.292. The summed E-state index contributed by atoms with van der Waals surface area (Å²) < 4.78 is 10.9. The maximum Gasteiger partial charge on any atom is 0.0540 e. The molecule has 0 aliphatic heterocycles. The Balaban J connectivity index is 2.45. The van der Waals surface area contributed by atoms with Crippen LogP contribution in [0.5, 0.6) is 0 Å². The van der Waals surface area contributed by atoms with Gasteiger partial charge in [0, 0.05) is 19.6 Å². The largest absolute Gasteiger partial charge is 0.384 e. The van der Waals surface area contributed by atoms with Crippen LogP contribution in [0.15, 0.2) is 0 Å². The molecule has 0 heterocycles. The third-order valence-electron chi connectivity index (χ3n) is 3.63. The van der Waals surface area contributed by atoms with Gasteiger partial charge in [-0.05, 0) is 18.8 Å². The van der Waals surface area contributed by atoms with Crippen LogP contribution >= 0.6 is 0 Å². The van der Waals surface area contributed by atoms with E-state index in [1.165, 1.54) is 44.9 Å². The van der Waals surface area contributed by atoms with Crippen LogP contribution in [0, 0.1) is 11.3 Å². The predicted molar refractivity (Wildman–Crippen MR) is 67.7 cm³/mol. The highest BCUT2D eigenvalue weighted by Gasteiger charge is 2.36. The van der Waals surface area contributed by atoms with Crippen molar-refractivity contribution in [2.45, 2.75) is 51.9 Å². The fraction of sp³-hybridized carbons (Fsp3) is 1.00. The predicted octanol–water partition coefficient (Wildman–Crippen LogP) is 3.65. The number of unbranched alkanes of at least 4 members (excludes halogenated alkanes) is 2. The second-order valence-electron chi connectivity index (χ2n) is 5.47. The average Bonchev–Trinajstić information content (AvgIpc) is 3.03. The van der Waals surface area contributed by atoms with Crippen LogP contribution < -0.4 is 0 Å². The van der Waals surface area contributed by atoms with Crippen molar-refractivity contribution in [1.82, 2.24) is 0 Å². The highest BCUT2D eigenvalue weighted by atomic mass is 16.5. The molecule has 0 saturated heterocycles. The summed E-state index contributed by atoms with van der Waals surface area (Å²) in [6, 6.07) is 0. The fourth-order valence-electron chi connectivity index (χ4n) is 2.70. The van der Waals surface area contributed by atoms with Crippen molar-refractivity contribution in [1.29, 1.82) is 0 Å². The van der Waals surface area contributed by atoms with Gasteiger partial charge in [-0.3, -0.25) is 0 Å². The van der Waals surface area contributed by atoms with Crippen LogP contribution in [0.1, 0.15) is 51.9 Å². The van der Waals surface area contributed by atoms with E-state index in [0.29, 0.717) is 5.41 Å². The molecule has 16 heavy (non-hydrogen) atoms. The molecule has 0 amide bonds. The molecular formula is C14H28O2. The van der Waals surface area contributed by atoms with Crippen LogP contribution in [0.3, 0.4) is 0 Å². The molecule has 0 unspecified atom stereocenters. The number of ether oxygens (including phenoxy) is 2. The topological polar surface area (TPSA) is 18.5 Å². The lowest BCUT2D eigenvalue weighted by Gasteiger charge is -2.33. The molecule has 0 aromatic rings. The zero-order valence-electron chi connectivity index (χ0n) is 11.3. The highest BCUT2D eigenvalue weighted by molar-refractivity contribution is 4.87. The fourth-order valence-corrected chi connectivity index (χ4v) is 2.70. The number of hydrogen-bond donors (Lipinski definition) is 0. The Morgan fingerprint density at radius 2 is 1.69 bits per heavy atom. The van der Waals surface area contributed by atoms with Gasteiger partial charge in [0.25, 0.3) is 0 Å². The van der Waals surface area contributed by atoms with Crippen LogP contribution in [-0.4, -0.2) is 27.4 Å². The lowest BCUT2D eigenvalue weighted by Crippen LogP contribution is -2.32. The van der Waals surface area contributed by atoms with Crippen molar-refractivity contribution >= 4 is 0 Å². The van der Waals surface area contributed by atoms with Gasteiger partial charge in [-0.2, -0.15) is 0 Å². The monoisotopic (exact) mass is 228 g/mol. The van der Waals surface area contributed by atoms with Crippen LogP contribution in [0.25, 0.3) is 0 Å². The third kappa shape index (κ3) is 4.84. The van der Waals surface area contributed by atoms with Gasteiger partial charge >= 0.3 is 0 Å². The molecule has 2 heteroatoms. The molecule has 0 N–H and O–H groups in total. The summed E-state index contributed by atoms with van der Waals surface area (Å²) in [5, 5.41) is 0. The Hall–Kier alpha value is -0.0800. The molecule has 1 aliphatic carbocycles. The van der Waals surface area contributed by atoms with E-state index in [1.54, 1.807) is 0 Å². The van der Waals surface area contributed by atoms with E-state index in [2.05, 4.69) is 6.92 Å². The summed E-state index contributed by atoms with van der Waals surface area (Å²) in [7, 11) is 3.63. The van der Waals surface area contributed by atoms with Gasteiger partial charge in [0.05, 0.1) is 13.2 Å². The highest BCUT2D eigenvalue weighted by Crippen LogP contribution is 2.43. The van der Waals surface area contributed by atoms with E-state index in [0.717, 1.165) is 19.1 Å². The zero-order valence-corrected chi connectivity index (χ0v) is 11.3. The summed E-state index contributed by atoms with van der Waals surface area (Å²) >= 11 is 0. The van der Waals surface area contributed by atoms with E-state index < -0.39 is 0 Å². The molecule has 0 atom stereocenters. The smallest absolute Gasteiger partial charge is 0.0540 e. The van der Waals surface area contributed by atoms with Crippen molar-refractivity contribution in [3.63, 3.8) is 0 Å². The molecule has 0 bridgehead atoms. The molecular weight excluding hydrogens is 200 g/mol. The molecule has 96 valence electrons. The van der Waals surface area contributed by atoms with Gasteiger partial charge < -0.3 is 9.47 Å². The Morgan fingerprint density at radius 1 is 1.06 bits per heavy atom. The van der Waals surface area contributed by atoms with Gasteiger partial charge in [0.2, 0.25) is 0 Å². The third-order valence-corrected chi connectivity index (χ3v) is 3.63. The molecule has 1 fully saturated rings. The zero-order chi connectivity index (χ0) is 11.9. The summed E-state index contributed by atoms with van der Waals surface area (Å²) in [6.07, 6.45) is 9.35. The van der Waals surface area contributed by atoms with Crippen LogP contribution in [0.2, 0.25) is 0 Å². The standard InChI is InChI=1S/C14H28O2/c1-4-5-6-9-14(11-15-2,12-16-3)10-13-7-8-13/h13H,4-12H2,1-3H3. The maximum absolute atomic E-state index is 5.44. The molecule has 0 spiro atoms. The van der Waals surface area contributed by atoms with E-state index >= 15 is 0 Å². The maximum atomic E-state index is 5.44. The number of hydrogen-bond acceptors (Lipinski definition) is 2. The second-order valence-corrected chi connectivity index (χ2v) is 5.47. The Bertz CT molecular complexity index is 170. The van der Waals surface area contributed by atoms with Crippen molar-refractivity contribution in [3.8, 4) is 0 Å². The molecule has 0 aromatic carbocycles. The minimum Gasteiger partial charge on any atom is -0.384 e. The first-order chi connectivity index (χ1) is 7.76. The van der Waals surface area contributed by atoms with E-state index in [1.807, 2.05) is 14.2 Å². The quantitative estimate of drug-likeness (QED) is 0.531. The van der Waals surface area contributed by atoms with Crippen molar-refractivity contribution in [2.24, 2.45) is 11.3 Å². The second kappa shape index (κ2) is 7.29. The number of methoxy groups -OCH3 is 2. The normalized spacial score (nSPS) is 16.7. The van der Waals surface area contributed by atoms with E-state index in [9.17, 15) is 0 Å². The molecule has 1 rings (SSSR count). The van der Waals surface area contributed by atoms with Gasteiger partial charge in [-0.1, -0.05) is 39.0 Å². The van der Waals surface area contributed by atoms with Gasteiger partial charge in [-0.15, -0.1) is 0 Å². The lowest BCUT2D eigenvalue weighted by atomic mass is 9.79. The van der Waals surface area contributed by atoms with E-state index in [-0.39, 0.29) is 0 Å². The molecule has 0 aromatic heterocycles. The molecule has 1 aliphatic rings. The number of rotatable bonds is 10. The van der Waals surface area contributed by atoms with Crippen LogP contribution in [-0.2, 0) is 9.47 Å². The summed E-state index contributed by atoms with van der Waals surface area (Å²) in [4.78, 5) is 0. The van der Waals surface area contributed by atoms with Crippen molar-refractivity contribution < 1.29 is 9.47 Å². The summed E-state index contributed by atoms with van der Waals surface area (Å²) in [5.41, 5.74) is 0.292. The van der Waals surface area contributed by atoms with Crippen molar-refractivity contribution in [2.75, 3.05) is 27.4 Å². The lowest BCUT2D eigenvalue weighted by molar-refractivity contribution is -0.00639. The minimum absolute atomic E-state index is 0.292. The summed E-state index contributed by atoms with van der Waals surface area (Å²) in [6.45, 7) is 3.98. The summed E-state index contributed by atoms with van der Waals surface area (Å²) in [5.74, 6) is 0.951. The first kappa shape index (κ1) is 14.0. The van der Waals surface area contributed by atoms with Crippen molar-refractivity contribution in [3.05, 3.63) is 0 Å². The molecule has 0 radical (unpaired) electrons. The molecule has 2 nitrogen and oxygen atoms in total. The average molecular weight is 228 g/mol. The Labute approximate surface area is 101 Å². The first-order valence-corrected chi connectivity index (χ1v) is 6.74. The first-order valence-electron chi connectivity index (χ1n) is 6.74.